The molecule has 1 aromatic heterocycles. The molecule has 0 fully saturated rings. The number of para-hydroxylation sites is 1. The van der Waals surface area contributed by atoms with Crippen molar-refractivity contribution in [3.8, 4) is 5.75 Å². The van der Waals surface area contributed by atoms with Gasteiger partial charge in [-0.3, -0.25) is 0 Å². The first-order valence-electron chi connectivity index (χ1n) is 8.84. The summed E-state index contributed by atoms with van der Waals surface area (Å²) in [6, 6.07) is 13.7. The summed E-state index contributed by atoms with van der Waals surface area (Å²) < 4.78 is 7.94. The lowest BCUT2D eigenvalue weighted by Gasteiger charge is -2.13. The predicted octanol–water partition coefficient (Wildman–Crippen LogP) is 7.28. The third-order valence-electron chi connectivity index (χ3n) is 4.29. The van der Waals surface area contributed by atoms with Gasteiger partial charge in [0.05, 0.1) is 10.7 Å². The van der Waals surface area contributed by atoms with Crippen LogP contribution in [-0.4, -0.2) is 16.4 Å². The Kier molecular flexibility index (Phi) is 7.10. The molecule has 0 amide bonds. The van der Waals surface area contributed by atoms with Crippen molar-refractivity contribution in [1.82, 2.24) is 10.2 Å². The van der Waals surface area contributed by atoms with Crippen LogP contribution in [0.4, 0.5) is 10.8 Å². The molecule has 4 rings (SSSR count). The first-order chi connectivity index (χ1) is 14.5. The van der Waals surface area contributed by atoms with Gasteiger partial charge in [0.15, 0.2) is 5.01 Å². The number of benzene rings is 2. The molecule has 2 heterocycles. The fourth-order valence-corrected chi connectivity index (χ4v) is 4.59. The zero-order chi connectivity index (χ0) is 21.1. The maximum atomic E-state index is 6.25. The Morgan fingerprint density at radius 1 is 1.10 bits per heavy atom. The molecule has 1 aliphatic heterocycles. The molecule has 0 spiro atoms. The summed E-state index contributed by atoms with van der Waals surface area (Å²) in [6.07, 6.45) is 2.43. The standard InChI is InChI=1S/C20H14Br2Cl2N4OS/c21-13-5-6-14(22)15(8-13)26-20-28-27-17(30-20)10-29-16-4-2-1-3-11(16)7-12-9-25-19(24)18(12)23/h1-6,8-9,12H,7,10H2,(H,26,28). The van der Waals surface area contributed by atoms with E-state index in [-0.39, 0.29) is 5.92 Å². The van der Waals surface area contributed by atoms with E-state index in [2.05, 4.69) is 52.4 Å². The van der Waals surface area contributed by atoms with Gasteiger partial charge >= 0.3 is 0 Å². The lowest BCUT2D eigenvalue weighted by molar-refractivity contribution is 0.301. The minimum absolute atomic E-state index is 0.0371. The molecular formula is C20H14Br2Cl2N4OS. The molecule has 0 saturated carbocycles. The number of nitrogens with one attached hydrogen (secondary N) is 1. The topological polar surface area (TPSA) is 59.4 Å². The Morgan fingerprint density at radius 3 is 2.73 bits per heavy atom. The normalized spacial score (nSPS) is 15.7. The summed E-state index contributed by atoms with van der Waals surface area (Å²) in [4.78, 5) is 4.08. The number of ether oxygens (including phenoxy) is 1. The number of rotatable bonds is 7. The summed E-state index contributed by atoms with van der Waals surface area (Å²) in [6.45, 7) is 0.319. The highest BCUT2D eigenvalue weighted by molar-refractivity contribution is 9.11. The Hall–Kier alpha value is -1.45. The fourth-order valence-electron chi connectivity index (χ4n) is 2.84. The van der Waals surface area contributed by atoms with Crippen LogP contribution >= 0.6 is 66.4 Å². The molecule has 1 aliphatic rings. The number of aromatic nitrogens is 2. The van der Waals surface area contributed by atoms with Gasteiger partial charge in [0.1, 0.15) is 17.5 Å². The number of anilines is 2. The van der Waals surface area contributed by atoms with Gasteiger partial charge in [0.25, 0.3) is 0 Å². The van der Waals surface area contributed by atoms with Crippen molar-refractivity contribution in [3.05, 3.63) is 72.2 Å². The summed E-state index contributed by atoms with van der Waals surface area (Å²) in [5, 5.41) is 14.1. The van der Waals surface area contributed by atoms with Crippen molar-refractivity contribution in [2.45, 2.75) is 13.0 Å². The van der Waals surface area contributed by atoms with Crippen LogP contribution in [-0.2, 0) is 13.0 Å². The van der Waals surface area contributed by atoms with Crippen molar-refractivity contribution < 1.29 is 4.74 Å². The van der Waals surface area contributed by atoms with Crippen molar-refractivity contribution in [1.29, 1.82) is 0 Å². The molecule has 1 atom stereocenters. The Bertz CT molecular complexity index is 1140. The van der Waals surface area contributed by atoms with Crippen LogP contribution in [0.5, 0.6) is 5.75 Å². The predicted molar refractivity (Wildman–Crippen MR) is 130 cm³/mol. The molecule has 154 valence electrons. The average molecular weight is 589 g/mol. The average Bonchev–Trinajstić information content (AvgIpc) is 3.31. The summed E-state index contributed by atoms with van der Waals surface area (Å²) in [5.41, 5.74) is 1.93. The molecule has 1 N–H and O–H groups in total. The first-order valence-corrected chi connectivity index (χ1v) is 12.0. The Balaban J connectivity index is 1.41. The van der Waals surface area contributed by atoms with Gasteiger partial charge in [-0.05, 0) is 52.2 Å². The number of hydrogen-bond donors (Lipinski definition) is 1. The second-order valence-corrected chi connectivity index (χ2v) is 9.97. The second-order valence-electron chi connectivity index (χ2n) is 6.37. The zero-order valence-electron chi connectivity index (χ0n) is 15.3. The quantitative estimate of drug-likeness (QED) is 0.295. The largest absolute Gasteiger partial charge is 0.486 e. The molecule has 0 aliphatic carbocycles. The van der Waals surface area contributed by atoms with E-state index in [0.717, 1.165) is 31.0 Å². The highest BCUT2D eigenvalue weighted by atomic mass is 79.9. The van der Waals surface area contributed by atoms with Gasteiger partial charge in [-0.15, -0.1) is 10.2 Å². The third kappa shape index (κ3) is 5.23. The van der Waals surface area contributed by atoms with Crippen LogP contribution < -0.4 is 10.1 Å². The van der Waals surface area contributed by atoms with E-state index in [0.29, 0.717) is 28.3 Å². The maximum Gasteiger partial charge on any atom is 0.210 e. The molecule has 10 heteroatoms. The molecule has 3 aromatic rings. The van der Waals surface area contributed by atoms with E-state index in [1.807, 2.05) is 42.5 Å². The van der Waals surface area contributed by atoms with Gasteiger partial charge in [0.2, 0.25) is 5.13 Å². The molecular weight excluding hydrogens is 575 g/mol. The highest BCUT2D eigenvalue weighted by Gasteiger charge is 2.21. The van der Waals surface area contributed by atoms with Crippen LogP contribution in [0.2, 0.25) is 0 Å². The summed E-state index contributed by atoms with van der Waals surface area (Å²) in [7, 11) is 0. The molecule has 0 bridgehead atoms. The van der Waals surface area contributed by atoms with Gasteiger partial charge in [0, 0.05) is 21.1 Å². The van der Waals surface area contributed by atoms with Crippen molar-refractivity contribution in [2.24, 2.45) is 10.9 Å². The zero-order valence-corrected chi connectivity index (χ0v) is 20.8. The molecule has 0 saturated heterocycles. The lowest BCUT2D eigenvalue weighted by atomic mass is 10.0. The Morgan fingerprint density at radius 2 is 1.93 bits per heavy atom. The van der Waals surface area contributed by atoms with Gasteiger partial charge in [-0.1, -0.05) is 68.7 Å². The van der Waals surface area contributed by atoms with Gasteiger partial charge in [-0.25, -0.2) is 4.99 Å². The highest BCUT2D eigenvalue weighted by Crippen LogP contribution is 2.33. The van der Waals surface area contributed by atoms with Crippen molar-refractivity contribution in [2.75, 3.05) is 5.32 Å². The van der Waals surface area contributed by atoms with Crippen LogP contribution in [0.1, 0.15) is 10.6 Å². The van der Waals surface area contributed by atoms with E-state index < -0.39 is 0 Å². The lowest BCUT2D eigenvalue weighted by Crippen LogP contribution is -2.06. The minimum Gasteiger partial charge on any atom is -0.486 e. The van der Waals surface area contributed by atoms with E-state index >= 15 is 0 Å². The molecule has 0 radical (unpaired) electrons. The van der Waals surface area contributed by atoms with Crippen LogP contribution in [0.15, 0.2) is 66.6 Å². The number of allylic oxidation sites excluding steroid dienone is 1. The van der Waals surface area contributed by atoms with E-state index in [1.165, 1.54) is 11.3 Å². The molecule has 30 heavy (non-hydrogen) atoms. The minimum atomic E-state index is -0.0371. The van der Waals surface area contributed by atoms with E-state index in [9.17, 15) is 0 Å². The molecule has 5 nitrogen and oxygen atoms in total. The number of nitrogens with zero attached hydrogens (tertiary/aromatic N) is 3. The van der Waals surface area contributed by atoms with Crippen molar-refractivity contribution in [3.63, 3.8) is 0 Å². The van der Waals surface area contributed by atoms with Gasteiger partial charge < -0.3 is 10.1 Å². The molecule has 2 aromatic carbocycles. The monoisotopic (exact) mass is 586 g/mol. The summed E-state index contributed by atoms with van der Waals surface area (Å²) in [5.74, 6) is 0.739. The van der Waals surface area contributed by atoms with E-state index in [1.54, 1.807) is 6.21 Å². The fraction of sp³-hybridized carbons (Fsp3) is 0.150. The molecule has 1 unspecified atom stereocenters. The van der Waals surface area contributed by atoms with Crippen LogP contribution in [0, 0.1) is 5.92 Å². The van der Waals surface area contributed by atoms with Crippen LogP contribution in [0.3, 0.4) is 0 Å². The number of hydrogen-bond acceptors (Lipinski definition) is 6. The number of aliphatic imine (C=N–C) groups is 1. The summed E-state index contributed by atoms with van der Waals surface area (Å²) >= 11 is 20.7. The SMILES string of the molecule is ClC1=C(Cl)C(Cc2ccccc2OCc2nnc(Nc3cc(Br)ccc3Br)s2)C=N1. The third-order valence-corrected chi connectivity index (χ3v) is 7.15. The van der Waals surface area contributed by atoms with Gasteiger partial charge in [-0.2, -0.15) is 0 Å². The number of halogens is 4. The second kappa shape index (κ2) is 9.78. The first kappa shape index (κ1) is 21.8. The maximum absolute atomic E-state index is 6.25. The van der Waals surface area contributed by atoms with E-state index in [4.69, 9.17) is 27.9 Å². The Labute approximate surface area is 204 Å². The smallest absolute Gasteiger partial charge is 0.210 e. The van der Waals surface area contributed by atoms with Crippen molar-refractivity contribution >= 4 is 83.4 Å². The van der Waals surface area contributed by atoms with Crippen LogP contribution in [0.25, 0.3) is 0 Å².